The maximum Gasteiger partial charge on any atom is 0.0452 e. The van der Waals surface area contributed by atoms with Crippen molar-refractivity contribution in [3.8, 4) is 0 Å². The summed E-state index contributed by atoms with van der Waals surface area (Å²) in [7, 11) is 0.958. The Morgan fingerprint density at radius 2 is 1.00 bits per heavy atom. The molecule has 0 unspecified atom stereocenters. The highest BCUT2D eigenvalue weighted by atomic mass is 28.1. The quantitative estimate of drug-likeness (QED) is 0.593. The average molecular weight is 200 g/mol. The van der Waals surface area contributed by atoms with Gasteiger partial charge >= 0.3 is 0 Å². The molecular weight excluding hydrogens is 176 g/mol. The van der Waals surface area contributed by atoms with Gasteiger partial charge in [-0.05, 0) is 12.8 Å². The fraction of sp³-hybridized carbons (Fsp3) is 1.00. The van der Waals surface area contributed by atoms with Gasteiger partial charge in [-0.1, -0.05) is 51.4 Å². The van der Waals surface area contributed by atoms with Gasteiger partial charge in [0.1, 0.15) is 0 Å². The molecule has 1 aliphatic rings. The van der Waals surface area contributed by atoms with Crippen LogP contribution in [-0.4, -0.2) is 20.6 Å². The number of hydrogen-bond acceptors (Lipinski definition) is 1. The molecule has 1 rings (SSSR count). The first kappa shape index (κ1) is 11.3. The zero-order valence-corrected chi connectivity index (χ0v) is 11.0. The molecule has 1 nitrogen and oxygen atoms in total. The van der Waals surface area contributed by atoms with E-state index in [1.54, 1.807) is 0 Å². The lowest BCUT2D eigenvalue weighted by Crippen LogP contribution is -2.28. The van der Waals surface area contributed by atoms with Crippen LogP contribution >= 0.6 is 0 Å². The predicted molar refractivity (Wildman–Crippen MR) is 61.1 cm³/mol. The van der Waals surface area contributed by atoms with Gasteiger partial charge < -0.3 is 5.11 Å². The van der Waals surface area contributed by atoms with E-state index in [9.17, 15) is 5.11 Å². The highest BCUT2D eigenvalue weighted by Crippen LogP contribution is 2.21. The van der Waals surface area contributed by atoms with Gasteiger partial charge in [0.2, 0.25) is 0 Å². The Labute approximate surface area is 85.3 Å². The number of aliphatic hydroxyl groups is 1. The van der Waals surface area contributed by atoms with Crippen molar-refractivity contribution < 1.29 is 5.11 Å². The number of rotatable bonds is 0. The summed E-state index contributed by atoms with van der Waals surface area (Å²) in [5.74, 6) is 0. The summed E-state index contributed by atoms with van der Waals surface area (Å²) >= 11 is 0. The second-order valence-electron chi connectivity index (χ2n) is 4.83. The maximum atomic E-state index is 10.0. The first-order valence-electron chi connectivity index (χ1n) is 5.93. The predicted octanol–water partition coefficient (Wildman–Crippen LogP) is 1.96. The Morgan fingerprint density at radius 3 is 1.38 bits per heavy atom. The minimum absolute atomic E-state index is 0.232. The van der Waals surface area contributed by atoms with Gasteiger partial charge in [0.05, 0.1) is 0 Å². The van der Waals surface area contributed by atoms with E-state index in [1.165, 1.54) is 51.4 Å². The van der Waals surface area contributed by atoms with Crippen molar-refractivity contribution in [1.82, 2.24) is 0 Å². The van der Waals surface area contributed by atoms with Crippen LogP contribution in [0.25, 0.3) is 0 Å². The van der Waals surface area contributed by atoms with Gasteiger partial charge in [0, 0.05) is 15.5 Å². The molecule has 0 saturated heterocycles. The first-order valence-corrected chi connectivity index (χ1v) is 6.93. The molecule has 0 radical (unpaired) electrons. The van der Waals surface area contributed by atoms with Crippen LogP contribution in [-0.2, 0) is 0 Å². The summed E-state index contributed by atoms with van der Waals surface area (Å²) in [6.07, 6.45) is 12.9. The van der Waals surface area contributed by atoms with Crippen LogP contribution < -0.4 is 0 Å². The summed E-state index contributed by atoms with van der Waals surface area (Å²) in [5, 5.41) is 9.82. The molecule has 0 aromatic heterocycles. The molecule has 1 fully saturated rings. The van der Waals surface area contributed by atoms with E-state index in [0.717, 1.165) is 23.1 Å². The van der Waals surface area contributed by atoms with Crippen LogP contribution in [0.3, 0.4) is 0 Å². The lowest BCUT2D eigenvalue weighted by Gasteiger charge is -2.22. The lowest BCUT2D eigenvalue weighted by molar-refractivity contribution is 0.102. The largest absolute Gasteiger partial charge is 0.394 e. The highest BCUT2D eigenvalue weighted by Gasteiger charge is 2.18. The second-order valence-corrected chi connectivity index (χ2v) is 6.69. The monoisotopic (exact) mass is 200 g/mol. The summed E-state index contributed by atoms with van der Waals surface area (Å²) in [6, 6.07) is 0. The smallest absolute Gasteiger partial charge is 0.0452 e. The van der Waals surface area contributed by atoms with Crippen molar-refractivity contribution >= 4 is 10.2 Å². The number of hydrogen-bond donors (Lipinski definition) is 1. The third-order valence-corrected chi connectivity index (χ3v) is 4.18. The molecule has 1 saturated carbocycles. The van der Waals surface area contributed by atoms with Gasteiger partial charge in [-0.3, -0.25) is 0 Å². The van der Waals surface area contributed by atoms with E-state index in [0.29, 0.717) is 0 Å². The van der Waals surface area contributed by atoms with E-state index in [2.05, 4.69) is 0 Å². The van der Waals surface area contributed by atoms with Crippen molar-refractivity contribution in [3.05, 3.63) is 0 Å². The van der Waals surface area contributed by atoms with Gasteiger partial charge in [-0.2, -0.15) is 0 Å². The minimum Gasteiger partial charge on any atom is -0.394 e. The van der Waals surface area contributed by atoms with Crippen LogP contribution in [0.15, 0.2) is 0 Å². The Kier molecular flexibility index (Phi) is 5.03. The molecule has 0 amide bonds. The SMILES string of the molecule is OC1([SiH3])CCCCCCCCCC1. The van der Waals surface area contributed by atoms with E-state index in [1.807, 2.05) is 0 Å². The molecule has 0 bridgehead atoms. The molecule has 0 aliphatic heterocycles. The van der Waals surface area contributed by atoms with E-state index in [-0.39, 0.29) is 5.22 Å². The molecule has 0 heterocycles. The zero-order valence-electron chi connectivity index (χ0n) is 9.02. The minimum atomic E-state index is -0.232. The van der Waals surface area contributed by atoms with Crippen molar-refractivity contribution in [1.29, 1.82) is 0 Å². The summed E-state index contributed by atoms with van der Waals surface area (Å²) < 4.78 is 0. The first-order chi connectivity index (χ1) is 6.21. The third-order valence-electron chi connectivity index (χ3n) is 3.18. The molecule has 13 heavy (non-hydrogen) atoms. The van der Waals surface area contributed by atoms with Crippen molar-refractivity contribution in [3.63, 3.8) is 0 Å². The Hall–Kier alpha value is 0.177. The summed E-state index contributed by atoms with van der Waals surface area (Å²) in [4.78, 5) is 0. The van der Waals surface area contributed by atoms with Crippen LogP contribution in [0.1, 0.15) is 64.2 Å². The molecule has 0 aromatic rings. The van der Waals surface area contributed by atoms with Gasteiger partial charge in [-0.25, -0.2) is 0 Å². The van der Waals surface area contributed by atoms with E-state index in [4.69, 9.17) is 0 Å². The van der Waals surface area contributed by atoms with Crippen molar-refractivity contribution in [2.75, 3.05) is 0 Å². The average Bonchev–Trinajstić information content (AvgIpc) is 2.10. The second kappa shape index (κ2) is 5.81. The van der Waals surface area contributed by atoms with Crippen LogP contribution in [0.2, 0.25) is 0 Å². The van der Waals surface area contributed by atoms with E-state index >= 15 is 0 Å². The fourth-order valence-corrected chi connectivity index (χ4v) is 2.90. The van der Waals surface area contributed by atoms with Crippen molar-refractivity contribution in [2.45, 2.75) is 69.4 Å². The zero-order chi connectivity index (χ0) is 9.57. The Bertz CT molecular complexity index is 120. The standard InChI is InChI=1S/C11H24OSi/c12-11(13)9-7-5-3-1-2-4-6-8-10-11/h12H,1-10H2,13H3. The maximum absolute atomic E-state index is 10.0. The topological polar surface area (TPSA) is 20.2 Å². The van der Waals surface area contributed by atoms with E-state index < -0.39 is 0 Å². The molecule has 2 heteroatoms. The third kappa shape index (κ3) is 5.48. The van der Waals surface area contributed by atoms with Gasteiger partial charge in [0.25, 0.3) is 0 Å². The van der Waals surface area contributed by atoms with Gasteiger partial charge in [0.15, 0.2) is 0 Å². The normalized spacial score (nSPS) is 26.5. The molecule has 0 spiro atoms. The summed E-state index contributed by atoms with van der Waals surface area (Å²) in [6.45, 7) is 0. The molecular formula is C11H24OSi. The lowest BCUT2D eigenvalue weighted by atomic mass is 10.0. The molecule has 1 aliphatic carbocycles. The molecule has 78 valence electrons. The van der Waals surface area contributed by atoms with Crippen LogP contribution in [0.5, 0.6) is 0 Å². The molecule has 1 N–H and O–H groups in total. The summed E-state index contributed by atoms with van der Waals surface area (Å²) in [5.41, 5.74) is 0. The van der Waals surface area contributed by atoms with Gasteiger partial charge in [-0.15, -0.1) is 0 Å². The fourth-order valence-electron chi connectivity index (χ4n) is 2.20. The Morgan fingerprint density at radius 1 is 0.692 bits per heavy atom. The van der Waals surface area contributed by atoms with Crippen LogP contribution in [0, 0.1) is 0 Å². The molecule has 0 aromatic carbocycles. The molecule has 0 atom stereocenters. The highest BCUT2D eigenvalue weighted by molar-refractivity contribution is 6.14. The Balaban J connectivity index is 2.27. The van der Waals surface area contributed by atoms with Crippen molar-refractivity contribution in [2.24, 2.45) is 0 Å². The van der Waals surface area contributed by atoms with Crippen LogP contribution in [0.4, 0.5) is 0 Å².